The molecule has 17 heteroatoms. The first kappa shape index (κ1) is 32.4. The van der Waals surface area contributed by atoms with Gasteiger partial charge in [-0.2, -0.15) is 0 Å². The van der Waals surface area contributed by atoms with E-state index in [4.69, 9.17) is 25.8 Å². The lowest BCUT2D eigenvalue weighted by Crippen LogP contribution is -2.36. The Kier molecular flexibility index (Phi) is 10.00. The molecule has 0 spiro atoms. The molecule has 0 radical (unpaired) electrons. The minimum Gasteiger partial charge on any atom is -0.493 e. The van der Waals surface area contributed by atoms with Crippen LogP contribution in [0, 0.1) is 20.2 Å². The number of thioether (sulfide) groups is 1. The molecule has 3 amide bonds. The van der Waals surface area contributed by atoms with Crippen LogP contribution in [0.5, 0.6) is 17.2 Å². The molecule has 45 heavy (non-hydrogen) atoms. The van der Waals surface area contributed by atoms with Crippen LogP contribution in [-0.4, -0.2) is 58.0 Å². The van der Waals surface area contributed by atoms with Crippen molar-refractivity contribution in [1.29, 1.82) is 0 Å². The molecule has 1 saturated heterocycles. The Morgan fingerprint density at radius 3 is 2.40 bits per heavy atom. The monoisotopic (exact) mass is 656 g/mol. The van der Waals surface area contributed by atoms with E-state index >= 15 is 0 Å². The average molecular weight is 657 g/mol. The van der Waals surface area contributed by atoms with Crippen molar-refractivity contribution in [1.82, 2.24) is 4.90 Å². The smallest absolute Gasteiger partial charge is 0.339 e. The maximum Gasteiger partial charge on any atom is 0.339 e. The molecule has 15 nitrogen and oxygen atoms in total. The predicted octanol–water partition coefficient (Wildman–Crippen LogP) is 5.81. The lowest BCUT2D eigenvalue weighted by molar-refractivity contribution is -0.394. The van der Waals surface area contributed by atoms with E-state index in [0.717, 1.165) is 23.1 Å². The van der Waals surface area contributed by atoms with Crippen LogP contribution in [0.4, 0.5) is 21.9 Å². The van der Waals surface area contributed by atoms with Crippen molar-refractivity contribution in [2.45, 2.75) is 6.92 Å². The second kappa shape index (κ2) is 13.9. The van der Waals surface area contributed by atoms with Crippen molar-refractivity contribution >= 4 is 69.5 Å². The molecule has 3 aromatic carbocycles. The van der Waals surface area contributed by atoms with Gasteiger partial charge in [0.25, 0.3) is 16.8 Å². The van der Waals surface area contributed by atoms with Crippen molar-refractivity contribution in [2.75, 3.05) is 25.6 Å². The summed E-state index contributed by atoms with van der Waals surface area (Å²) in [7, 11) is 1.30. The Bertz CT molecular complexity index is 1780. The van der Waals surface area contributed by atoms with Crippen LogP contribution in [0.2, 0.25) is 5.02 Å². The van der Waals surface area contributed by atoms with E-state index in [1.54, 1.807) is 6.92 Å². The Morgan fingerprint density at radius 1 is 1.00 bits per heavy atom. The predicted molar refractivity (Wildman–Crippen MR) is 162 cm³/mol. The highest BCUT2D eigenvalue weighted by Crippen LogP contribution is 2.39. The van der Waals surface area contributed by atoms with Crippen LogP contribution >= 0.6 is 23.4 Å². The summed E-state index contributed by atoms with van der Waals surface area (Å²) >= 11 is 6.64. The SMILES string of the molecule is CCOC(=O)c1cc(NC(=O)CN2C(=O)S/C(=C/c3ccc(Oc4ccc([N+](=O)[O-])cc4[N+](=O)[O-])c(OC)c3)C2=O)ccc1Cl. The van der Waals surface area contributed by atoms with Crippen LogP contribution < -0.4 is 14.8 Å². The molecule has 0 bridgehead atoms. The molecular weight excluding hydrogens is 636 g/mol. The van der Waals surface area contributed by atoms with Gasteiger partial charge in [0.1, 0.15) is 6.54 Å². The zero-order valence-electron chi connectivity index (χ0n) is 23.3. The number of rotatable bonds is 11. The quantitative estimate of drug-likeness (QED) is 0.113. The third-order valence-electron chi connectivity index (χ3n) is 5.98. The number of carbonyl (C=O) groups excluding carboxylic acids is 4. The second-order valence-electron chi connectivity index (χ2n) is 8.91. The number of benzene rings is 3. The number of hydrogen-bond acceptors (Lipinski definition) is 12. The Balaban J connectivity index is 1.48. The molecule has 1 aliphatic heterocycles. The normalized spacial score (nSPS) is 13.5. The van der Waals surface area contributed by atoms with E-state index in [1.165, 1.54) is 49.6 Å². The molecule has 232 valence electrons. The van der Waals surface area contributed by atoms with Crippen LogP contribution in [0.1, 0.15) is 22.8 Å². The van der Waals surface area contributed by atoms with Crippen molar-refractivity contribution in [2.24, 2.45) is 0 Å². The minimum atomic E-state index is -0.824. The van der Waals surface area contributed by atoms with Crippen molar-refractivity contribution in [3.8, 4) is 17.2 Å². The number of nitrogens with one attached hydrogen (secondary N) is 1. The van der Waals surface area contributed by atoms with Gasteiger partial charge in [-0.05, 0) is 66.7 Å². The highest BCUT2D eigenvalue weighted by atomic mass is 35.5. The first-order valence-electron chi connectivity index (χ1n) is 12.7. The maximum atomic E-state index is 13.0. The van der Waals surface area contributed by atoms with Gasteiger partial charge in [-0.15, -0.1) is 0 Å². The Morgan fingerprint density at radius 2 is 1.73 bits per heavy atom. The lowest BCUT2D eigenvalue weighted by Gasteiger charge is -2.13. The molecule has 3 aromatic rings. The molecule has 1 fully saturated rings. The zero-order chi connectivity index (χ0) is 32.8. The minimum absolute atomic E-state index is 0.00520. The van der Waals surface area contributed by atoms with E-state index in [1.807, 2.05) is 0 Å². The number of nitro groups is 2. The first-order chi connectivity index (χ1) is 21.4. The van der Waals surface area contributed by atoms with Gasteiger partial charge >= 0.3 is 11.7 Å². The third-order valence-corrected chi connectivity index (χ3v) is 7.21. The molecule has 0 saturated carbocycles. The number of imide groups is 1. The van der Waals surface area contributed by atoms with Crippen LogP contribution in [0.3, 0.4) is 0 Å². The van der Waals surface area contributed by atoms with Gasteiger partial charge in [-0.1, -0.05) is 17.7 Å². The van der Waals surface area contributed by atoms with Gasteiger partial charge in [-0.25, -0.2) is 4.79 Å². The number of methoxy groups -OCH3 is 1. The van der Waals surface area contributed by atoms with Crippen LogP contribution in [-0.2, 0) is 14.3 Å². The summed E-state index contributed by atoms with van der Waals surface area (Å²) < 4.78 is 15.9. The van der Waals surface area contributed by atoms with Crippen molar-refractivity contribution in [3.05, 3.63) is 95.9 Å². The number of non-ortho nitro benzene ring substituents is 1. The van der Waals surface area contributed by atoms with E-state index < -0.39 is 50.8 Å². The molecule has 1 N–H and O–H groups in total. The van der Waals surface area contributed by atoms with Crippen LogP contribution in [0.25, 0.3) is 6.08 Å². The summed E-state index contributed by atoms with van der Waals surface area (Å²) in [4.78, 5) is 71.9. The van der Waals surface area contributed by atoms with Crippen LogP contribution in [0.15, 0.2) is 59.5 Å². The summed E-state index contributed by atoms with van der Waals surface area (Å²) in [6, 6.07) is 11.4. The number of esters is 1. The maximum absolute atomic E-state index is 13.0. The third kappa shape index (κ3) is 7.54. The van der Waals surface area contributed by atoms with E-state index in [0.29, 0.717) is 17.3 Å². The number of anilines is 1. The van der Waals surface area contributed by atoms with Gasteiger partial charge in [0.15, 0.2) is 11.5 Å². The molecule has 0 aromatic heterocycles. The van der Waals surface area contributed by atoms with E-state index in [9.17, 15) is 39.4 Å². The second-order valence-corrected chi connectivity index (χ2v) is 10.3. The van der Waals surface area contributed by atoms with Crippen molar-refractivity contribution < 1.29 is 43.2 Å². The Hall–Kier alpha value is -5.48. The summed E-state index contributed by atoms with van der Waals surface area (Å²) in [6.45, 7) is 1.14. The highest BCUT2D eigenvalue weighted by Gasteiger charge is 2.36. The standard InChI is InChI=1S/C28H21ClN4O11S/c1-3-43-27(36)18-12-16(5-7-19(18)29)30-25(34)14-31-26(35)24(45-28(31)37)11-15-4-8-22(23(10-15)42-2)44-21-9-6-17(32(38)39)13-20(21)33(40)41/h4-13H,3,14H2,1-2H3,(H,30,34)/b24-11+. The number of carbonyl (C=O) groups is 4. The van der Waals surface area contributed by atoms with Gasteiger partial charge in [0, 0.05) is 11.8 Å². The number of ether oxygens (including phenoxy) is 3. The van der Waals surface area contributed by atoms with Gasteiger partial charge < -0.3 is 19.5 Å². The molecular formula is C28H21ClN4O11S. The van der Waals surface area contributed by atoms with Gasteiger partial charge in [0.05, 0.1) is 45.1 Å². The summed E-state index contributed by atoms with van der Waals surface area (Å²) in [5.41, 5.74) is -0.508. The van der Waals surface area contributed by atoms with E-state index in [2.05, 4.69) is 5.32 Å². The number of nitro benzene ring substituents is 2. The summed E-state index contributed by atoms with van der Waals surface area (Å²) in [5, 5.41) is 24.4. The van der Waals surface area contributed by atoms with Gasteiger partial charge in [0.2, 0.25) is 11.7 Å². The van der Waals surface area contributed by atoms with Crippen molar-refractivity contribution in [3.63, 3.8) is 0 Å². The fraction of sp³-hybridized carbons (Fsp3) is 0.143. The number of amides is 3. The highest BCUT2D eigenvalue weighted by molar-refractivity contribution is 8.18. The number of hydrogen-bond donors (Lipinski definition) is 1. The number of nitrogens with zero attached hydrogens (tertiary/aromatic N) is 3. The fourth-order valence-corrected chi connectivity index (χ4v) is 4.96. The first-order valence-corrected chi connectivity index (χ1v) is 13.9. The van der Waals surface area contributed by atoms with E-state index in [-0.39, 0.29) is 45.0 Å². The molecule has 0 atom stereocenters. The average Bonchev–Trinajstić information content (AvgIpc) is 3.25. The topological polar surface area (TPSA) is 198 Å². The largest absolute Gasteiger partial charge is 0.493 e. The summed E-state index contributed by atoms with van der Waals surface area (Å²) in [5.74, 6) is -2.27. The fourth-order valence-electron chi connectivity index (χ4n) is 3.93. The lowest BCUT2D eigenvalue weighted by atomic mass is 10.1. The summed E-state index contributed by atoms with van der Waals surface area (Å²) in [6.07, 6.45) is 1.38. The zero-order valence-corrected chi connectivity index (χ0v) is 24.9. The van der Waals surface area contributed by atoms with Gasteiger partial charge in [-0.3, -0.25) is 39.5 Å². The molecule has 0 aliphatic carbocycles. The molecule has 1 heterocycles. The molecule has 0 unspecified atom stereocenters. The Labute approximate surface area is 263 Å². The molecule has 1 aliphatic rings. The molecule has 4 rings (SSSR count). The number of halogens is 1.